The van der Waals surface area contributed by atoms with E-state index < -0.39 is 0 Å². The molecule has 92 valence electrons. The first kappa shape index (κ1) is 11.2. The van der Waals surface area contributed by atoms with Crippen molar-refractivity contribution in [2.75, 3.05) is 20.3 Å². The fourth-order valence-corrected chi connectivity index (χ4v) is 2.98. The van der Waals surface area contributed by atoms with Crippen molar-refractivity contribution in [2.24, 2.45) is 0 Å². The molecule has 3 rings (SSSR count). The Morgan fingerprint density at radius 2 is 2.06 bits per heavy atom. The van der Waals surface area contributed by atoms with Crippen LogP contribution in [0, 0.1) is 0 Å². The monoisotopic (exact) mass is 231 g/mol. The second-order valence-electron chi connectivity index (χ2n) is 5.48. The van der Waals surface area contributed by atoms with Crippen molar-refractivity contribution >= 4 is 0 Å². The van der Waals surface area contributed by atoms with Crippen molar-refractivity contribution in [3.8, 4) is 0 Å². The van der Waals surface area contributed by atoms with Crippen LogP contribution in [-0.4, -0.2) is 20.3 Å². The fourth-order valence-electron chi connectivity index (χ4n) is 2.98. The predicted molar refractivity (Wildman–Crippen MR) is 69.2 cm³/mol. The second-order valence-corrected chi connectivity index (χ2v) is 5.48. The second kappa shape index (κ2) is 4.43. The van der Waals surface area contributed by atoms with Crippen molar-refractivity contribution < 1.29 is 4.74 Å². The smallest absolute Gasteiger partial charge is 0.0559 e. The van der Waals surface area contributed by atoms with E-state index in [0.29, 0.717) is 11.5 Å². The lowest BCUT2D eigenvalue weighted by Gasteiger charge is -2.16. The minimum atomic E-state index is 0.344. The van der Waals surface area contributed by atoms with Crippen molar-refractivity contribution in [2.45, 2.75) is 37.1 Å². The summed E-state index contributed by atoms with van der Waals surface area (Å²) in [6.07, 6.45) is 5.15. The van der Waals surface area contributed by atoms with E-state index in [1.807, 2.05) is 0 Å². The number of ether oxygens (including phenoxy) is 1. The van der Waals surface area contributed by atoms with Gasteiger partial charge in [-0.3, -0.25) is 0 Å². The van der Waals surface area contributed by atoms with E-state index in [0.717, 1.165) is 6.61 Å². The molecule has 0 aromatic heterocycles. The average molecular weight is 231 g/mol. The first-order chi connectivity index (χ1) is 8.34. The minimum Gasteiger partial charge on any atom is -0.384 e. The maximum Gasteiger partial charge on any atom is 0.0559 e. The molecule has 0 bridgehead atoms. The highest BCUT2D eigenvalue weighted by atomic mass is 16.5. The van der Waals surface area contributed by atoms with Crippen molar-refractivity contribution in [1.29, 1.82) is 0 Å². The van der Waals surface area contributed by atoms with Crippen LogP contribution in [0.15, 0.2) is 24.3 Å². The van der Waals surface area contributed by atoms with E-state index in [9.17, 15) is 0 Å². The third-order valence-corrected chi connectivity index (χ3v) is 4.26. The van der Waals surface area contributed by atoms with Gasteiger partial charge >= 0.3 is 0 Å². The van der Waals surface area contributed by atoms with Crippen LogP contribution >= 0.6 is 0 Å². The minimum absolute atomic E-state index is 0.344. The third kappa shape index (κ3) is 2.12. The lowest BCUT2D eigenvalue weighted by atomic mass is 9.94. The Morgan fingerprint density at radius 1 is 1.29 bits per heavy atom. The first-order valence-electron chi connectivity index (χ1n) is 6.67. The molecule has 2 nitrogen and oxygen atoms in total. The van der Waals surface area contributed by atoms with Crippen LogP contribution in [0.5, 0.6) is 0 Å². The molecule has 1 saturated heterocycles. The molecule has 0 amide bonds. The summed E-state index contributed by atoms with van der Waals surface area (Å²) in [4.78, 5) is 0. The number of rotatable bonds is 4. The van der Waals surface area contributed by atoms with Crippen LogP contribution in [0.2, 0.25) is 0 Å². The van der Waals surface area contributed by atoms with Crippen LogP contribution in [0.3, 0.4) is 0 Å². The molecule has 17 heavy (non-hydrogen) atoms. The van der Waals surface area contributed by atoms with E-state index in [1.165, 1.54) is 43.4 Å². The van der Waals surface area contributed by atoms with E-state index in [1.54, 1.807) is 7.11 Å². The maximum absolute atomic E-state index is 5.34. The van der Waals surface area contributed by atoms with Gasteiger partial charge in [-0.15, -0.1) is 0 Å². The summed E-state index contributed by atoms with van der Waals surface area (Å²) >= 11 is 0. The van der Waals surface area contributed by atoms with Gasteiger partial charge in [0, 0.05) is 18.6 Å². The fraction of sp³-hybridized carbons (Fsp3) is 0.600. The topological polar surface area (TPSA) is 21.3 Å². The molecule has 1 aliphatic carbocycles. The third-order valence-electron chi connectivity index (χ3n) is 4.26. The van der Waals surface area contributed by atoms with Crippen LogP contribution in [0.25, 0.3) is 0 Å². The van der Waals surface area contributed by atoms with Crippen molar-refractivity contribution in [1.82, 2.24) is 5.32 Å². The highest BCUT2D eigenvalue weighted by Crippen LogP contribution is 2.48. The molecule has 1 N–H and O–H groups in total. The molecule has 1 unspecified atom stereocenters. The standard InChI is InChI=1S/C15H21NO/c1-17-11-15(8-9-15)13-6-4-12(5-7-13)14-3-2-10-16-14/h4-7,14,16H,2-3,8-11H2,1H3. The van der Waals surface area contributed by atoms with E-state index >= 15 is 0 Å². The Labute approximate surface area is 103 Å². The average Bonchev–Trinajstić information content (AvgIpc) is 2.94. The molecule has 2 fully saturated rings. The van der Waals surface area contributed by atoms with Crippen molar-refractivity contribution in [3.05, 3.63) is 35.4 Å². The summed E-state index contributed by atoms with van der Waals surface area (Å²) in [7, 11) is 1.80. The number of hydrogen-bond acceptors (Lipinski definition) is 2. The molecule has 1 saturated carbocycles. The van der Waals surface area contributed by atoms with Gasteiger partial charge in [0.1, 0.15) is 0 Å². The van der Waals surface area contributed by atoms with Gasteiger partial charge in [-0.05, 0) is 43.4 Å². The first-order valence-corrected chi connectivity index (χ1v) is 6.67. The number of benzene rings is 1. The normalized spacial score (nSPS) is 26.1. The van der Waals surface area contributed by atoms with Crippen LogP contribution in [0.1, 0.15) is 42.9 Å². The number of hydrogen-bond donors (Lipinski definition) is 1. The van der Waals surface area contributed by atoms with Gasteiger partial charge in [0.2, 0.25) is 0 Å². The van der Waals surface area contributed by atoms with Crippen molar-refractivity contribution in [3.63, 3.8) is 0 Å². The highest BCUT2D eigenvalue weighted by Gasteiger charge is 2.44. The molecule has 2 heteroatoms. The summed E-state index contributed by atoms with van der Waals surface area (Å²) in [5.74, 6) is 0. The Bertz CT molecular complexity index is 374. The van der Waals surface area contributed by atoms with Gasteiger partial charge in [0.05, 0.1) is 6.61 Å². The van der Waals surface area contributed by atoms with Crippen LogP contribution < -0.4 is 5.32 Å². The lowest BCUT2D eigenvalue weighted by Crippen LogP contribution is -2.15. The molecule has 1 aromatic carbocycles. The number of methoxy groups -OCH3 is 1. The number of nitrogens with one attached hydrogen (secondary N) is 1. The van der Waals surface area contributed by atoms with Gasteiger partial charge in [-0.1, -0.05) is 24.3 Å². The zero-order valence-corrected chi connectivity index (χ0v) is 10.5. The quantitative estimate of drug-likeness (QED) is 0.860. The Morgan fingerprint density at radius 3 is 2.59 bits per heavy atom. The molecular weight excluding hydrogens is 210 g/mol. The van der Waals surface area contributed by atoms with Gasteiger partial charge in [0.15, 0.2) is 0 Å². The molecule has 1 heterocycles. The van der Waals surface area contributed by atoms with Gasteiger partial charge in [0.25, 0.3) is 0 Å². The predicted octanol–water partition coefficient (Wildman–Crippen LogP) is 2.79. The molecule has 0 radical (unpaired) electrons. The Kier molecular flexibility index (Phi) is 2.93. The molecule has 1 aliphatic heterocycles. The molecule has 1 atom stereocenters. The van der Waals surface area contributed by atoms with Crippen LogP contribution in [-0.2, 0) is 10.2 Å². The largest absolute Gasteiger partial charge is 0.384 e. The van der Waals surface area contributed by atoms with Gasteiger partial charge < -0.3 is 10.1 Å². The SMILES string of the molecule is COCC1(c2ccc(C3CCCN3)cc2)CC1. The molecular formula is C15H21NO. The van der Waals surface area contributed by atoms with Crippen LogP contribution in [0.4, 0.5) is 0 Å². The lowest BCUT2D eigenvalue weighted by molar-refractivity contribution is 0.171. The zero-order chi connectivity index (χ0) is 11.7. The summed E-state index contributed by atoms with van der Waals surface area (Å²) in [5, 5.41) is 3.55. The highest BCUT2D eigenvalue weighted by molar-refractivity contribution is 5.35. The summed E-state index contributed by atoms with van der Waals surface area (Å²) in [6, 6.07) is 9.80. The molecule has 0 spiro atoms. The Balaban J connectivity index is 1.76. The Hall–Kier alpha value is -0.860. The van der Waals surface area contributed by atoms with E-state index in [4.69, 9.17) is 4.74 Å². The van der Waals surface area contributed by atoms with Gasteiger partial charge in [-0.25, -0.2) is 0 Å². The molecule has 2 aliphatic rings. The van der Waals surface area contributed by atoms with Gasteiger partial charge in [-0.2, -0.15) is 0 Å². The zero-order valence-electron chi connectivity index (χ0n) is 10.5. The maximum atomic E-state index is 5.34. The van der Waals surface area contributed by atoms with E-state index in [-0.39, 0.29) is 0 Å². The van der Waals surface area contributed by atoms with E-state index in [2.05, 4.69) is 29.6 Å². The molecule has 1 aromatic rings. The summed E-state index contributed by atoms with van der Waals surface area (Å²) in [5.41, 5.74) is 3.25. The summed E-state index contributed by atoms with van der Waals surface area (Å²) < 4.78 is 5.34. The summed E-state index contributed by atoms with van der Waals surface area (Å²) in [6.45, 7) is 2.04.